The number of pyridine rings is 1. The molecule has 0 aliphatic heterocycles. The van der Waals surface area contributed by atoms with Gasteiger partial charge in [-0.15, -0.1) is 0 Å². The molecular formula is C32H24F6N4O2. The lowest BCUT2D eigenvalue weighted by Crippen LogP contribution is -2.38. The molecule has 2 aromatic heterocycles. The quantitative estimate of drug-likeness (QED) is 0.184. The summed E-state index contributed by atoms with van der Waals surface area (Å²) in [6.45, 7) is 1.63. The molecule has 0 bridgehead atoms. The third kappa shape index (κ3) is 6.48. The maximum Gasteiger partial charge on any atom is 0.416 e. The van der Waals surface area contributed by atoms with Crippen molar-refractivity contribution in [1.29, 1.82) is 0 Å². The molecule has 0 spiro atoms. The van der Waals surface area contributed by atoms with Crippen LogP contribution in [0.15, 0.2) is 102 Å². The van der Waals surface area contributed by atoms with Crippen LogP contribution in [-0.4, -0.2) is 25.3 Å². The average molecular weight is 611 g/mol. The van der Waals surface area contributed by atoms with E-state index in [9.17, 15) is 35.9 Å². The van der Waals surface area contributed by atoms with Crippen LogP contribution in [0.25, 0.3) is 16.6 Å². The Kier molecular flexibility index (Phi) is 8.27. The lowest BCUT2D eigenvalue weighted by molar-refractivity contribution is -0.138. The predicted octanol–water partition coefficient (Wildman–Crippen LogP) is 7.15. The molecular weight excluding hydrogens is 586 g/mol. The second kappa shape index (κ2) is 11.9. The second-order valence-electron chi connectivity index (χ2n) is 10.1. The molecule has 0 radical (unpaired) electrons. The van der Waals surface area contributed by atoms with Gasteiger partial charge < -0.3 is 4.90 Å². The SMILES string of the molecule is C[C@H](c1nc2ccccc2c(=O)n1-c1ccc(C(F)(F)F)cc1)N(Cc1cccnc1)C(=O)Cc1ccc(C(F)(F)F)cc1. The van der Waals surface area contributed by atoms with Crippen LogP contribution in [0.3, 0.4) is 0 Å². The van der Waals surface area contributed by atoms with Gasteiger partial charge in [0.25, 0.3) is 5.56 Å². The van der Waals surface area contributed by atoms with Crippen LogP contribution in [0.1, 0.15) is 41.0 Å². The van der Waals surface area contributed by atoms with E-state index in [1.165, 1.54) is 21.6 Å². The number of hydrogen-bond acceptors (Lipinski definition) is 4. The van der Waals surface area contributed by atoms with Crippen LogP contribution in [0.4, 0.5) is 26.3 Å². The molecule has 226 valence electrons. The highest BCUT2D eigenvalue weighted by Crippen LogP contribution is 2.32. The van der Waals surface area contributed by atoms with Crippen molar-refractivity contribution in [2.24, 2.45) is 0 Å². The number of aromatic nitrogens is 3. The maximum atomic E-state index is 13.8. The molecule has 0 saturated carbocycles. The Morgan fingerprint density at radius 3 is 2.02 bits per heavy atom. The fourth-order valence-electron chi connectivity index (χ4n) is 4.84. The summed E-state index contributed by atoms with van der Waals surface area (Å²) in [5, 5.41) is 0.221. The van der Waals surface area contributed by atoms with Crippen LogP contribution < -0.4 is 5.56 Å². The number of nitrogens with zero attached hydrogens (tertiary/aromatic N) is 4. The second-order valence-corrected chi connectivity index (χ2v) is 10.1. The number of rotatable bonds is 7. The van der Waals surface area contributed by atoms with Gasteiger partial charge in [-0.3, -0.25) is 19.1 Å². The van der Waals surface area contributed by atoms with Gasteiger partial charge in [0.1, 0.15) is 5.82 Å². The fraction of sp³-hybridized carbons (Fsp3) is 0.188. The Bertz CT molecular complexity index is 1840. The minimum atomic E-state index is -4.59. The first-order valence-corrected chi connectivity index (χ1v) is 13.4. The van der Waals surface area contributed by atoms with Gasteiger partial charge in [0, 0.05) is 18.9 Å². The van der Waals surface area contributed by atoms with E-state index in [0.717, 1.165) is 36.4 Å². The van der Waals surface area contributed by atoms with E-state index in [-0.39, 0.29) is 29.9 Å². The Balaban J connectivity index is 1.60. The minimum absolute atomic E-state index is 0.00415. The summed E-state index contributed by atoms with van der Waals surface area (Å²) < 4.78 is 80.3. The van der Waals surface area contributed by atoms with E-state index in [0.29, 0.717) is 16.6 Å². The number of fused-ring (bicyclic) bond motifs is 1. The average Bonchev–Trinajstić information content (AvgIpc) is 2.99. The molecule has 12 heteroatoms. The van der Waals surface area contributed by atoms with Gasteiger partial charge in [0.15, 0.2) is 0 Å². The molecule has 1 amide bonds. The third-order valence-corrected chi connectivity index (χ3v) is 7.13. The molecule has 1 atom stereocenters. The van der Waals surface area contributed by atoms with Gasteiger partial charge in [-0.2, -0.15) is 26.3 Å². The molecule has 0 aliphatic rings. The number of benzene rings is 3. The summed E-state index contributed by atoms with van der Waals surface area (Å²) in [6, 6.07) is 17.2. The molecule has 0 unspecified atom stereocenters. The minimum Gasteiger partial charge on any atom is -0.328 e. The highest BCUT2D eigenvalue weighted by Gasteiger charge is 2.32. The number of halogens is 6. The number of para-hydroxylation sites is 1. The van der Waals surface area contributed by atoms with Crippen LogP contribution in [0, 0.1) is 0 Å². The first-order chi connectivity index (χ1) is 20.8. The van der Waals surface area contributed by atoms with Gasteiger partial charge in [-0.1, -0.05) is 30.3 Å². The van der Waals surface area contributed by atoms with Gasteiger partial charge >= 0.3 is 12.4 Å². The van der Waals surface area contributed by atoms with Crippen molar-refractivity contribution >= 4 is 16.8 Å². The number of amides is 1. The molecule has 44 heavy (non-hydrogen) atoms. The first-order valence-electron chi connectivity index (χ1n) is 13.4. The van der Waals surface area contributed by atoms with Crippen molar-refractivity contribution in [2.45, 2.75) is 38.3 Å². The normalized spacial score (nSPS) is 12.7. The van der Waals surface area contributed by atoms with Crippen molar-refractivity contribution < 1.29 is 31.1 Å². The lowest BCUT2D eigenvalue weighted by Gasteiger charge is -2.31. The number of alkyl halides is 6. The molecule has 0 N–H and O–H groups in total. The van der Waals surface area contributed by atoms with E-state index in [1.807, 2.05) is 0 Å². The smallest absolute Gasteiger partial charge is 0.328 e. The van der Waals surface area contributed by atoms with Crippen LogP contribution in [-0.2, 0) is 30.1 Å². The molecule has 5 aromatic rings. The van der Waals surface area contributed by atoms with Crippen molar-refractivity contribution in [3.8, 4) is 5.69 Å². The summed E-state index contributed by atoms with van der Waals surface area (Å²) in [5.74, 6) is -0.402. The largest absolute Gasteiger partial charge is 0.416 e. The van der Waals surface area contributed by atoms with Gasteiger partial charge in [-0.25, -0.2) is 4.98 Å². The molecule has 3 aromatic carbocycles. The third-order valence-electron chi connectivity index (χ3n) is 7.13. The molecule has 0 aliphatic carbocycles. The summed E-state index contributed by atoms with van der Waals surface area (Å²) in [4.78, 5) is 37.8. The molecule has 5 rings (SSSR count). The van der Waals surface area contributed by atoms with Crippen molar-refractivity contribution in [3.63, 3.8) is 0 Å². The van der Waals surface area contributed by atoms with Crippen LogP contribution >= 0.6 is 0 Å². The van der Waals surface area contributed by atoms with Crippen LogP contribution in [0.5, 0.6) is 0 Å². The lowest BCUT2D eigenvalue weighted by atomic mass is 10.1. The Labute approximate surface area is 247 Å². The van der Waals surface area contributed by atoms with E-state index < -0.39 is 41.0 Å². The Morgan fingerprint density at radius 2 is 1.43 bits per heavy atom. The van der Waals surface area contributed by atoms with Gasteiger partial charge in [-0.05, 0) is 72.6 Å². The summed E-state index contributed by atoms with van der Waals surface area (Å²) in [7, 11) is 0. The van der Waals surface area contributed by atoms with Gasteiger partial charge in [0.2, 0.25) is 5.91 Å². The van der Waals surface area contributed by atoms with Gasteiger partial charge in [0.05, 0.1) is 40.2 Å². The summed E-state index contributed by atoms with van der Waals surface area (Å²) in [5.41, 5.74) is -0.910. The zero-order chi connectivity index (χ0) is 31.6. The van der Waals surface area contributed by atoms with E-state index in [2.05, 4.69) is 9.97 Å². The Morgan fingerprint density at radius 1 is 0.818 bits per heavy atom. The number of carbonyl (C=O) groups excluding carboxylic acids is 1. The van der Waals surface area contributed by atoms with Crippen LogP contribution in [0.2, 0.25) is 0 Å². The first kappa shape index (κ1) is 30.5. The molecule has 0 fully saturated rings. The monoisotopic (exact) mass is 610 g/mol. The molecule has 6 nitrogen and oxygen atoms in total. The van der Waals surface area contributed by atoms with E-state index in [4.69, 9.17) is 0 Å². The van der Waals surface area contributed by atoms with E-state index >= 15 is 0 Å². The number of hydrogen-bond donors (Lipinski definition) is 0. The highest BCUT2D eigenvalue weighted by molar-refractivity contribution is 5.80. The van der Waals surface area contributed by atoms with Crippen molar-refractivity contribution in [3.05, 3.63) is 136 Å². The summed E-state index contributed by atoms with van der Waals surface area (Å²) >= 11 is 0. The fourth-order valence-corrected chi connectivity index (χ4v) is 4.84. The molecule has 2 heterocycles. The van der Waals surface area contributed by atoms with Crippen molar-refractivity contribution in [2.75, 3.05) is 0 Å². The number of carbonyl (C=O) groups is 1. The standard InChI is InChI=1S/C32H24F6N4O2/c1-20(41(19-22-5-4-16-39-18-22)28(43)17-21-8-10-23(11-9-21)31(33,34)35)29-40-27-7-3-2-6-26(27)30(44)42(29)25-14-12-24(13-15-25)32(36,37)38/h2-16,18,20H,17,19H2,1H3/t20-/m1/s1. The predicted molar refractivity (Wildman–Crippen MR) is 151 cm³/mol. The zero-order valence-electron chi connectivity index (χ0n) is 23.1. The summed E-state index contributed by atoms with van der Waals surface area (Å²) in [6.07, 6.45) is -6.29. The molecule has 0 saturated heterocycles. The van der Waals surface area contributed by atoms with E-state index in [1.54, 1.807) is 55.7 Å². The maximum absolute atomic E-state index is 13.8. The Hall–Kier alpha value is -5.00. The van der Waals surface area contributed by atoms with Crippen molar-refractivity contribution in [1.82, 2.24) is 19.4 Å². The topological polar surface area (TPSA) is 68.1 Å². The highest BCUT2D eigenvalue weighted by atomic mass is 19.4. The zero-order valence-corrected chi connectivity index (χ0v) is 23.1.